The first-order valence-corrected chi connectivity index (χ1v) is 12.6. The van der Waals surface area contributed by atoms with Gasteiger partial charge < -0.3 is 14.8 Å². The zero-order valence-electron chi connectivity index (χ0n) is 20.9. The minimum Gasteiger partial charge on any atom is -0.494 e. The fourth-order valence-electron chi connectivity index (χ4n) is 4.51. The van der Waals surface area contributed by atoms with Gasteiger partial charge in [-0.1, -0.05) is 43.7 Å². The summed E-state index contributed by atoms with van der Waals surface area (Å²) in [5.41, 5.74) is 2.40. The highest BCUT2D eigenvalue weighted by Crippen LogP contribution is 2.27. The van der Waals surface area contributed by atoms with Crippen molar-refractivity contribution in [2.45, 2.75) is 52.2 Å². The summed E-state index contributed by atoms with van der Waals surface area (Å²) in [5, 5.41) is 23.2. The molecule has 2 aromatic carbocycles. The number of H-pyrrole nitrogens is 1. The second kappa shape index (κ2) is 12.4. The number of aromatic amines is 1. The van der Waals surface area contributed by atoms with Crippen LogP contribution in [0, 0.1) is 0 Å². The first kappa shape index (κ1) is 25.5. The number of ether oxygens (including phenoxy) is 1. The van der Waals surface area contributed by atoms with Crippen molar-refractivity contribution in [3.8, 4) is 5.75 Å². The van der Waals surface area contributed by atoms with Crippen LogP contribution in [0.4, 0.5) is 0 Å². The number of nitrogens with one attached hydrogen (secondary N) is 1. The van der Waals surface area contributed by atoms with Crippen LogP contribution < -0.4 is 10.3 Å². The van der Waals surface area contributed by atoms with E-state index < -0.39 is 0 Å². The van der Waals surface area contributed by atoms with Gasteiger partial charge in [-0.05, 0) is 60.0 Å². The number of pyridine rings is 1. The number of hydrogen-bond donors (Lipinski definition) is 2. The van der Waals surface area contributed by atoms with Gasteiger partial charge in [-0.3, -0.25) is 9.69 Å². The van der Waals surface area contributed by atoms with E-state index in [-0.39, 0.29) is 18.2 Å². The van der Waals surface area contributed by atoms with Crippen LogP contribution in [0.2, 0.25) is 0 Å². The smallest absolute Gasteiger partial charge is 0.252 e. The zero-order chi connectivity index (χ0) is 25.3. The molecule has 2 aromatic heterocycles. The Morgan fingerprint density at radius 1 is 1.14 bits per heavy atom. The number of benzene rings is 2. The highest BCUT2D eigenvalue weighted by atomic mass is 16.5. The fourth-order valence-corrected chi connectivity index (χ4v) is 4.51. The van der Waals surface area contributed by atoms with E-state index in [2.05, 4.69) is 44.5 Å². The molecule has 4 rings (SSSR count). The summed E-state index contributed by atoms with van der Waals surface area (Å²) in [7, 11) is 0. The molecule has 2 heterocycles. The molecule has 0 aliphatic rings. The van der Waals surface area contributed by atoms with Crippen LogP contribution in [0.1, 0.15) is 56.1 Å². The van der Waals surface area contributed by atoms with E-state index >= 15 is 0 Å². The standard InChI is InChI=1S/C27H34N6O3/c1-3-9-25(26-29-30-31-33(26)18-20-10-6-5-7-11-20)32(14-8-15-34)19-22-16-21-17-23(36-4-2)12-13-24(21)28-27(22)35/h5-7,10-13,16-17,25,34H,3-4,8-9,14-15,18-19H2,1-2H3,(H,28,35)/t25-/m1/s1. The molecule has 0 spiro atoms. The normalized spacial score (nSPS) is 12.3. The molecule has 0 aliphatic carbocycles. The molecule has 2 N–H and O–H groups in total. The Hall–Kier alpha value is -3.56. The van der Waals surface area contributed by atoms with Crippen LogP contribution in [0.3, 0.4) is 0 Å². The molecular formula is C27H34N6O3. The number of fused-ring (bicyclic) bond motifs is 1. The first-order chi connectivity index (χ1) is 17.6. The number of rotatable bonds is 13. The number of tetrazole rings is 1. The van der Waals surface area contributed by atoms with Gasteiger partial charge in [-0.2, -0.15) is 0 Å². The first-order valence-electron chi connectivity index (χ1n) is 12.6. The molecule has 0 fully saturated rings. The second-order valence-corrected chi connectivity index (χ2v) is 8.84. The maximum Gasteiger partial charge on any atom is 0.252 e. The number of aliphatic hydroxyl groups is 1. The molecule has 0 bridgehead atoms. The molecule has 9 heteroatoms. The van der Waals surface area contributed by atoms with E-state index in [9.17, 15) is 9.90 Å². The van der Waals surface area contributed by atoms with Crippen molar-refractivity contribution in [2.75, 3.05) is 19.8 Å². The Morgan fingerprint density at radius 2 is 1.97 bits per heavy atom. The largest absolute Gasteiger partial charge is 0.494 e. The van der Waals surface area contributed by atoms with Gasteiger partial charge in [0.05, 0.1) is 19.2 Å². The Kier molecular flexibility index (Phi) is 8.80. The van der Waals surface area contributed by atoms with Crippen molar-refractivity contribution in [3.63, 3.8) is 0 Å². The quantitative estimate of drug-likeness (QED) is 0.294. The van der Waals surface area contributed by atoms with E-state index in [1.165, 1.54) is 0 Å². The van der Waals surface area contributed by atoms with E-state index in [1.807, 2.05) is 54.1 Å². The van der Waals surface area contributed by atoms with Crippen LogP contribution in [-0.4, -0.2) is 55.0 Å². The Balaban J connectivity index is 1.67. The average Bonchev–Trinajstić information content (AvgIpc) is 3.34. The summed E-state index contributed by atoms with van der Waals surface area (Å²) in [6, 6.07) is 17.6. The molecule has 0 saturated carbocycles. The zero-order valence-corrected chi connectivity index (χ0v) is 20.9. The number of aliphatic hydroxyl groups excluding tert-OH is 1. The van der Waals surface area contributed by atoms with Gasteiger partial charge in [0.15, 0.2) is 5.82 Å². The Labute approximate surface area is 210 Å². The molecule has 1 atom stereocenters. The molecule has 0 saturated heterocycles. The summed E-state index contributed by atoms with van der Waals surface area (Å²) in [5.74, 6) is 1.53. The number of hydrogen-bond acceptors (Lipinski definition) is 7. The molecule has 0 aliphatic heterocycles. The van der Waals surface area contributed by atoms with E-state index in [0.29, 0.717) is 38.2 Å². The van der Waals surface area contributed by atoms with Gasteiger partial charge in [-0.15, -0.1) is 5.10 Å². The van der Waals surface area contributed by atoms with Crippen molar-refractivity contribution in [3.05, 3.63) is 81.9 Å². The fraction of sp³-hybridized carbons (Fsp3) is 0.407. The molecular weight excluding hydrogens is 456 g/mol. The van der Waals surface area contributed by atoms with Crippen molar-refractivity contribution >= 4 is 10.9 Å². The third-order valence-corrected chi connectivity index (χ3v) is 6.22. The molecule has 9 nitrogen and oxygen atoms in total. The van der Waals surface area contributed by atoms with Gasteiger partial charge in [0.1, 0.15) is 5.75 Å². The molecule has 0 unspecified atom stereocenters. The van der Waals surface area contributed by atoms with Gasteiger partial charge in [-0.25, -0.2) is 4.68 Å². The maximum absolute atomic E-state index is 13.0. The molecule has 190 valence electrons. The topological polar surface area (TPSA) is 109 Å². The van der Waals surface area contributed by atoms with Crippen molar-refractivity contribution in [2.24, 2.45) is 0 Å². The third-order valence-electron chi connectivity index (χ3n) is 6.22. The predicted octanol–water partition coefficient (Wildman–Crippen LogP) is 3.69. The third kappa shape index (κ3) is 6.16. The molecule has 0 amide bonds. The van der Waals surface area contributed by atoms with Crippen LogP contribution in [0.15, 0.2) is 59.4 Å². The van der Waals surface area contributed by atoms with E-state index in [4.69, 9.17) is 4.74 Å². The average molecular weight is 491 g/mol. The lowest BCUT2D eigenvalue weighted by atomic mass is 10.1. The van der Waals surface area contributed by atoms with Gasteiger partial charge >= 0.3 is 0 Å². The molecule has 4 aromatic rings. The number of aromatic nitrogens is 5. The Bertz CT molecular complexity index is 1300. The summed E-state index contributed by atoms with van der Waals surface area (Å²) < 4.78 is 7.48. The van der Waals surface area contributed by atoms with Crippen molar-refractivity contribution < 1.29 is 9.84 Å². The summed E-state index contributed by atoms with van der Waals surface area (Å²) in [6.07, 6.45) is 2.32. The van der Waals surface area contributed by atoms with Crippen LogP contribution in [-0.2, 0) is 13.1 Å². The van der Waals surface area contributed by atoms with Crippen LogP contribution in [0.25, 0.3) is 10.9 Å². The van der Waals surface area contributed by atoms with Gasteiger partial charge in [0.25, 0.3) is 5.56 Å². The summed E-state index contributed by atoms with van der Waals surface area (Å²) >= 11 is 0. The highest BCUT2D eigenvalue weighted by Gasteiger charge is 2.26. The minimum atomic E-state index is -0.125. The lowest BCUT2D eigenvalue weighted by Crippen LogP contribution is -2.34. The molecule has 36 heavy (non-hydrogen) atoms. The lowest BCUT2D eigenvalue weighted by Gasteiger charge is -2.30. The van der Waals surface area contributed by atoms with Crippen LogP contribution in [0.5, 0.6) is 5.75 Å². The SMILES string of the molecule is CCC[C@H](c1nnnn1Cc1ccccc1)N(CCCO)Cc1cc2cc(OCC)ccc2[nH]c1=O. The highest BCUT2D eigenvalue weighted by molar-refractivity contribution is 5.80. The van der Waals surface area contributed by atoms with Crippen LogP contribution >= 0.6 is 0 Å². The monoisotopic (exact) mass is 490 g/mol. The van der Waals surface area contributed by atoms with E-state index in [0.717, 1.165) is 40.9 Å². The minimum absolute atomic E-state index is 0.0656. The van der Waals surface area contributed by atoms with Gasteiger partial charge in [0.2, 0.25) is 0 Å². The van der Waals surface area contributed by atoms with Crippen molar-refractivity contribution in [1.82, 2.24) is 30.1 Å². The van der Waals surface area contributed by atoms with Crippen molar-refractivity contribution in [1.29, 1.82) is 0 Å². The van der Waals surface area contributed by atoms with Gasteiger partial charge in [0, 0.05) is 36.2 Å². The number of nitrogens with zero attached hydrogens (tertiary/aromatic N) is 5. The molecule has 0 radical (unpaired) electrons. The van der Waals surface area contributed by atoms with E-state index in [1.54, 1.807) is 0 Å². The summed E-state index contributed by atoms with van der Waals surface area (Å²) in [6.45, 7) is 6.29. The summed E-state index contributed by atoms with van der Waals surface area (Å²) in [4.78, 5) is 18.2. The predicted molar refractivity (Wildman–Crippen MR) is 139 cm³/mol. The Morgan fingerprint density at radius 3 is 2.72 bits per heavy atom. The second-order valence-electron chi connectivity index (χ2n) is 8.84. The lowest BCUT2D eigenvalue weighted by molar-refractivity contribution is 0.148. The maximum atomic E-state index is 13.0.